The molecule has 0 bridgehead atoms. The maximum atomic E-state index is 10.5. The Morgan fingerprint density at radius 3 is 2.79 bits per heavy atom. The van der Waals surface area contributed by atoms with E-state index >= 15 is 0 Å². The van der Waals surface area contributed by atoms with Crippen molar-refractivity contribution in [1.29, 1.82) is 0 Å². The van der Waals surface area contributed by atoms with E-state index in [1.54, 1.807) is 12.3 Å². The molecule has 1 heterocycles. The van der Waals surface area contributed by atoms with Crippen molar-refractivity contribution in [3.63, 3.8) is 0 Å². The zero-order valence-electron chi connectivity index (χ0n) is 10.3. The topological polar surface area (TPSA) is 71.7 Å². The van der Waals surface area contributed by atoms with Crippen LogP contribution in [0.4, 0.5) is 0 Å². The van der Waals surface area contributed by atoms with Crippen molar-refractivity contribution in [2.24, 2.45) is 0 Å². The molecule has 2 N–H and O–H groups in total. The van der Waals surface area contributed by atoms with Gasteiger partial charge in [0, 0.05) is 12.1 Å². The van der Waals surface area contributed by atoms with Crippen molar-refractivity contribution in [3.8, 4) is 5.75 Å². The Morgan fingerprint density at radius 2 is 2.05 bits per heavy atom. The molecule has 1 aromatic carbocycles. The third kappa shape index (κ3) is 4.15. The van der Waals surface area contributed by atoms with Crippen LogP contribution in [0.15, 0.2) is 47.1 Å². The van der Waals surface area contributed by atoms with Gasteiger partial charge in [0.05, 0.1) is 12.8 Å². The average molecular weight is 261 g/mol. The fourth-order valence-electron chi connectivity index (χ4n) is 1.66. The summed E-state index contributed by atoms with van der Waals surface area (Å²) in [7, 11) is 0. The van der Waals surface area contributed by atoms with E-state index in [0.29, 0.717) is 18.8 Å². The number of furan rings is 1. The van der Waals surface area contributed by atoms with Crippen molar-refractivity contribution in [2.45, 2.75) is 13.1 Å². The van der Waals surface area contributed by atoms with E-state index in [1.807, 2.05) is 30.3 Å². The van der Waals surface area contributed by atoms with Gasteiger partial charge in [0.1, 0.15) is 11.5 Å². The summed E-state index contributed by atoms with van der Waals surface area (Å²) in [5, 5.41) is 11.8. The van der Waals surface area contributed by atoms with Crippen molar-refractivity contribution in [1.82, 2.24) is 5.32 Å². The second-order valence-electron chi connectivity index (χ2n) is 3.97. The van der Waals surface area contributed by atoms with E-state index in [2.05, 4.69) is 5.32 Å². The first-order chi connectivity index (χ1) is 9.25. The molecule has 2 aromatic rings. The zero-order valence-corrected chi connectivity index (χ0v) is 10.3. The van der Waals surface area contributed by atoms with Crippen LogP contribution in [0.2, 0.25) is 0 Å². The van der Waals surface area contributed by atoms with E-state index in [9.17, 15) is 4.79 Å². The van der Waals surface area contributed by atoms with E-state index in [4.69, 9.17) is 14.3 Å². The lowest BCUT2D eigenvalue weighted by Gasteiger charge is -2.10. The standard InChI is InChI=1S/C14H15NO4/c16-14(17)10-19-13-6-2-1-4-11(13)8-15-9-12-5-3-7-18-12/h1-7,15H,8-10H2,(H,16,17). The molecule has 0 amide bonds. The van der Waals surface area contributed by atoms with Crippen molar-refractivity contribution >= 4 is 5.97 Å². The number of carboxylic acid groups (broad SMARTS) is 1. The minimum Gasteiger partial charge on any atom is -0.482 e. The van der Waals surface area contributed by atoms with Gasteiger partial charge in [-0.2, -0.15) is 0 Å². The molecule has 0 atom stereocenters. The molecule has 100 valence electrons. The molecule has 0 fully saturated rings. The molecule has 19 heavy (non-hydrogen) atoms. The molecule has 0 aliphatic carbocycles. The van der Waals surface area contributed by atoms with Crippen LogP contribution >= 0.6 is 0 Å². The van der Waals surface area contributed by atoms with Gasteiger partial charge in [0.15, 0.2) is 6.61 Å². The maximum Gasteiger partial charge on any atom is 0.341 e. The molecule has 0 unspecified atom stereocenters. The van der Waals surface area contributed by atoms with Gasteiger partial charge in [-0.3, -0.25) is 0 Å². The highest BCUT2D eigenvalue weighted by atomic mass is 16.5. The summed E-state index contributed by atoms with van der Waals surface area (Å²) in [6, 6.07) is 11.1. The number of hydrogen-bond donors (Lipinski definition) is 2. The number of ether oxygens (including phenoxy) is 1. The van der Waals surface area contributed by atoms with Gasteiger partial charge in [0.2, 0.25) is 0 Å². The number of carbonyl (C=O) groups is 1. The first kappa shape index (κ1) is 13.2. The molecule has 1 aromatic heterocycles. The Morgan fingerprint density at radius 1 is 1.21 bits per heavy atom. The van der Waals surface area contributed by atoms with Crippen molar-refractivity contribution in [2.75, 3.05) is 6.61 Å². The molecule has 0 aliphatic rings. The van der Waals surface area contributed by atoms with Crippen LogP contribution in [-0.4, -0.2) is 17.7 Å². The molecule has 2 rings (SSSR count). The van der Waals surface area contributed by atoms with Crippen molar-refractivity contribution < 1.29 is 19.1 Å². The summed E-state index contributed by atoms with van der Waals surface area (Å²) < 4.78 is 10.4. The molecule has 5 heteroatoms. The summed E-state index contributed by atoms with van der Waals surface area (Å²) in [6.07, 6.45) is 1.63. The highest BCUT2D eigenvalue weighted by molar-refractivity contribution is 5.68. The zero-order chi connectivity index (χ0) is 13.5. The quantitative estimate of drug-likeness (QED) is 0.798. The lowest BCUT2D eigenvalue weighted by molar-refractivity contribution is -0.139. The summed E-state index contributed by atoms with van der Waals surface area (Å²) in [5.41, 5.74) is 0.912. The van der Waals surface area contributed by atoms with Gasteiger partial charge in [-0.25, -0.2) is 4.79 Å². The highest BCUT2D eigenvalue weighted by Gasteiger charge is 2.05. The summed E-state index contributed by atoms with van der Waals surface area (Å²) in [6.45, 7) is 0.853. The van der Waals surface area contributed by atoms with Gasteiger partial charge in [-0.15, -0.1) is 0 Å². The Labute approximate surface area is 110 Å². The van der Waals surface area contributed by atoms with E-state index in [-0.39, 0.29) is 6.61 Å². The monoisotopic (exact) mass is 261 g/mol. The number of benzene rings is 1. The maximum absolute atomic E-state index is 10.5. The first-order valence-corrected chi connectivity index (χ1v) is 5.91. The number of nitrogens with one attached hydrogen (secondary N) is 1. The molecule has 5 nitrogen and oxygen atoms in total. The predicted octanol–water partition coefficient (Wildman–Crippen LogP) is 2.03. The first-order valence-electron chi connectivity index (χ1n) is 5.91. The third-order valence-corrected chi connectivity index (χ3v) is 2.52. The van der Waals surface area contributed by atoms with Gasteiger partial charge >= 0.3 is 5.97 Å². The number of hydrogen-bond acceptors (Lipinski definition) is 4. The van der Waals surface area contributed by atoms with Gasteiger partial charge in [-0.1, -0.05) is 18.2 Å². The van der Waals surface area contributed by atoms with Crippen LogP contribution in [0.1, 0.15) is 11.3 Å². The lowest BCUT2D eigenvalue weighted by Crippen LogP contribution is -2.15. The number of carboxylic acids is 1. The van der Waals surface area contributed by atoms with E-state index < -0.39 is 5.97 Å². The minimum absolute atomic E-state index is 0.338. The van der Waals surface area contributed by atoms with Crippen LogP contribution in [-0.2, 0) is 17.9 Å². The fraction of sp³-hybridized carbons (Fsp3) is 0.214. The van der Waals surface area contributed by atoms with Gasteiger partial charge in [0.25, 0.3) is 0 Å². The van der Waals surface area contributed by atoms with Gasteiger partial charge < -0.3 is 19.6 Å². The Bertz CT molecular complexity index is 522. The molecule has 0 saturated heterocycles. The second kappa shape index (κ2) is 6.61. The number of aliphatic carboxylic acids is 1. The molecular formula is C14H15NO4. The van der Waals surface area contributed by atoms with Crippen LogP contribution in [0.25, 0.3) is 0 Å². The predicted molar refractivity (Wildman–Crippen MR) is 68.8 cm³/mol. The van der Waals surface area contributed by atoms with Crippen LogP contribution in [0, 0.1) is 0 Å². The SMILES string of the molecule is O=C(O)COc1ccccc1CNCc1ccco1. The van der Waals surface area contributed by atoms with Crippen LogP contribution in [0.3, 0.4) is 0 Å². The Balaban J connectivity index is 1.89. The summed E-state index contributed by atoms with van der Waals surface area (Å²) in [4.78, 5) is 10.5. The molecule has 0 saturated carbocycles. The Kier molecular flexibility index (Phi) is 4.58. The average Bonchev–Trinajstić information content (AvgIpc) is 2.91. The molecule has 0 aliphatic heterocycles. The third-order valence-electron chi connectivity index (χ3n) is 2.52. The summed E-state index contributed by atoms with van der Waals surface area (Å²) in [5.74, 6) is 0.444. The minimum atomic E-state index is -0.988. The molecular weight excluding hydrogens is 246 g/mol. The van der Waals surface area contributed by atoms with Crippen molar-refractivity contribution in [3.05, 3.63) is 54.0 Å². The van der Waals surface area contributed by atoms with Crippen LogP contribution in [0.5, 0.6) is 5.75 Å². The smallest absolute Gasteiger partial charge is 0.341 e. The highest BCUT2D eigenvalue weighted by Crippen LogP contribution is 2.17. The van der Waals surface area contributed by atoms with Gasteiger partial charge in [-0.05, 0) is 18.2 Å². The van der Waals surface area contributed by atoms with E-state index in [0.717, 1.165) is 11.3 Å². The number of para-hydroxylation sites is 1. The normalized spacial score (nSPS) is 10.3. The lowest BCUT2D eigenvalue weighted by atomic mass is 10.2. The van der Waals surface area contributed by atoms with Crippen LogP contribution < -0.4 is 10.1 Å². The molecule has 0 spiro atoms. The van der Waals surface area contributed by atoms with E-state index in [1.165, 1.54) is 0 Å². The largest absolute Gasteiger partial charge is 0.482 e. The summed E-state index contributed by atoms with van der Waals surface area (Å²) >= 11 is 0. The second-order valence-corrected chi connectivity index (χ2v) is 3.97. The Hall–Kier alpha value is -2.27. The molecule has 0 radical (unpaired) electrons. The fourth-order valence-corrected chi connectivity index (χ4v) is 1.66. The number of rotatable bonds is 7.